The van der Waals surface area contributed by atoms with E-state index in [0.29, 0.717) is 30.9 Å². The lowest BCUT2D eigenvalue weighted by Crippen LogP contribution is -2.46. The zero-order valence-corrected chi connectivity index (χ0v) is 17.2. The Morgan fingerprint density at radius 1 is 1.00 bits per heavy atom. The first kappa shape index (κ1) is 20.5. The number of hydrogen-bond donors (Lipinski definition) is 1. The molecule has 3 aromatic rings. The highest BCUT2D eigenvalue weighted by Gasteiger charge is 2.23. The first-order chi connectivity index (χ1) is 15.2. The Morgan fingerprint density at radius 2 is 1.68 bits per heavy atom. The molecular formula is C24H25N5O2. The Kier molecular flexibility index (Phi) is 6.52. The molecule has 1 fully saturated rings. The number of nitrogens with one attached hydrogen (secondary N) is 1. The monoisotopic (exact) mass is 415 g/mol. The van der Waals surface area contributed by atoms with Gasteiger partial charge in [-0.05, 0) is 36.6 Å². The molecule has 1 aliphatic rings. The summed E-state index contributed by atoms with van der Waals surface area (Å²) in [7, 11) is 0. The lowest BCUT2D eigenvalue weighted by Gasteiger charge is -2.31. The van der Waals surface area contributed by atoms with Gasteiger partial charge < -0.3 is 10.2 Å². The second-order valence-electron chi connectivity index (χ2n) is 7.60. The topological polar surface area (TPSA) is 80.1 Å². The van der Waals surface area contributed by atoms with Crippen molar-refractivity contribution in [1.29, 1.82) is 0 Å². The molecule has 1 aliphatic heterocycles. The molecule has 7 nitrogen and oxygen atoms in total. The van der Waals surface area contributed by atoms with Gasteiger partial charge >= 0.3 is 0 Å². The summed E-state index contributed by atoms with van der Waals surface area (Å²) in [4.78, 5) is 26.6. The van der Waals surface area contributed by atoms with Crippen LogP contribution in [0.2, 0.25) is 0 Å². The number of rotatable bonds is 6. The number of hydrogen-bond acceptors (Lipinski definition) is 4. The smallest absolute Gasteiger partial charge is 0.251 e. The highest BCUT2D eigenvalue weighted by molar-refractivity contribution is 5.94. The van der Waals surface area contributed by atoms with Crippen molar-refractivity contribution in [3.63, 3.8) is 0 Å². The van der Waals surface area contributed by atoms with Gasteiger partial charge in [0.2, 0.25) is 5.91 Å². The van der Waals surface area contributed by atoms with E-state index in [4.69, 9.17) is 0 Å². The van der Waals surface area contributed by atoms with E-state index in [2.05, 4.69) is 15.6 Å². The molecule has 158 valence electrons. The second-order valence-corrected chi connectivity index (χ2v) is 7.60. The molecule has 1 saturated heterocycles. The molecule has 0 unspecified atom stereocenters. The average molecular weight is 415 g/mol. The van der Waals surface area contributed by atoms with Gasteiger partial charge in [-0.25, -0.2) is 4.68 Å². The highest BCUT2D eigenvalue weighted by atomic mass is 16.2. The first-order valence-electron chi connectivity index (χ1n) is 10.4. The van der Waals surface area contributed by atoms with Gasteiger partial charge in [0.25, 0.3) is 5.91 Å². The van der Waals surface area contributed by atoms with Gasteiger partial charge in [0.15, 0.2) is 0 Å². The Hall–Kier alpha value is -3.74. The summed E-state index contributed by atoms with van der Waals surface area (Å²) in [6.45, 7) is 1.87. The van der Waals surface area contributed by atoms with Crippen molar-refractivity contribution in [3.8, 4) is 0 Å². The summed E-state index contributed by atoms with van der Waals surface area (Å²) >= 11 is 0. The summed E-state index contributed by atoms with van der Waals surface area (Å²) in [5.74, 6) is -0.116. The van der Waals surface area contributed by atoms with E-state index >= 15 is 0 Å². The minimum atomic E-state index is -0.0659. The van der Waals surface area contributed by atoms with Gasteiger partial charge in [0.1, 0.15) is 5.69 Å². The average Bonchev–Trinajstić information content (AvgIpc) is 3.26. The summed E-state index contributed by atoms with van der Waals surface area (Å²) in [6.07, 6.45) is 6.54. The maximum Gasteiger partial charge on any atom is 0.251 e. The first-order valence-corrected chi connectivity index (χ1v) is 10.4. The van der Waals surface area contributed by atoms with E-state index < -0.39 is 0 Å². The Labute approximate surface area is 181 Å². The van der Waals surface area contributed by atoms with Crippen LogP contribution in [0.4, 0.5) is 0 Å². The van der Waals surface area contributed by atoms with E-state index in [1.807, 2.05) is 54.7 Å². The van der Waals surface area contributed by atoms with Crippen LogP contribution < -0.4 is 5.32 Å². The summed E-state index contributed by atoms with van der Waals surface area (Å²) in [5, 5.41) is 11.3. The van der Waals surface area contributed by atoms with Crippen molar-refractivity contribution in [3.05, 3.63) is 89.8 Å². The van der Waals surface area contributed by atoms with Crippen LogP contribution in [0, 0.1) is 0 Å². The molecule has 4 rings (SSSR count). The van der Waals surface area contributed by atoms with Crippen molar-refractivity contribution in [2.24, 2.45) is 0 Å². The lowest BCUT2D eigenvalue weighted by molar-refractivity contribution is -0.127. The van der Waals surface area contributed by atoms with E-state index in [1.165, 1.54) is 0 Å². The summed E-state index contributed by atoms with van der Waals surface area (Å²) in [5.41, 5.74) is 2.44. The third kappa shape index (κ3) is 5.66. The molecule has 0 aliphatic carbocycles. The Balaban J connectivity index is 1.24. The molecule has 0 radical (unpaired) electrons. The minimum Gasteiger partial charge on any atom is -0.349 e. The number of nitrogens with zero attached hydrogens (tertiary/aromatic N) is 4. The molecular weight excluding hydrogens is 390 g/mol. The van der Waals surface area contributed by atoms with Crippen LogP contribution in [0.15, 0.2) is 72.9 Å². The van der Waals surface area contributed by atoms with Crippen LogP contribution in [0.25, 0.3) is 6.08 Å². The predicted octanol–water partition coefficient (Wildman–Crippen LogP) is 2.76. The van der Waals surface area contributed by atoms with Crippen molar-refractivity contribution in [2.75, 3.05) is 13.1 Å². The van der Waals surface area contributed by atoms with E-state index in [0.717, 1.165) is 18.4 Å². The van der Waals surface area contributed by atoms with Gasteiger partial charge in [-0.2, -0.15) is 0 Å². The van der Waals surface area contributed by atoms with Crippen LogP contribution in [0.3, 0.4) is 0 Å². The SMILES string of the molecule is O=C(NC1CCN(C(=O)/C=C/c2cn(Cc3ccccc3)nn2)CC1)c1ccccc1. The molecule has 2 heterocycles. The van der Waals surface area contributed by atoms with Gasteiger partial charge in [0.05, 0.1) is 12.7 Å². The normalized spacial score (nSPS) is 14.6. The molecule has 1 N–H and O–H groups in total. The van der Waals surface area contributed by atoms with Crippen LogP contribution in [0.1, 0.15) is 34.5 Å². The Morgan fingerprint density at radius 3 is 2.39 bits per heavy atom. The van der Waals surface area contributed by atoms with Gasteiger partial charge in [-0.3, -0.25) is 9.59 Å². The number of carbonyl (C=O) groups excluding carboxylic acids is 2. The highest BCUT2D eigenvalue weighted by Crippen LogP contribution is 2.12. The van der Waals surface area contributed by atoms with Gasteiger partial charge in [0, 0.05) is 30.8 Å². The van der Waals surface area contributed by atoms with Crippen LogP contribution in [-0.4, -0.2) is 50.8 Å². The van der Waals surface area contributed by atoms with Crippen molar-refractivity contribution < 1.29 is 9.59 Å². The number of benzene rings is 2. The van der Waals surface area contributed by atoms with Crippen molar-refractivity contribution in [1.82, 2.24) is 25.2 Å². The fourth-order valence-corrected chi connectivity index (χ4v) is 3.60. The number of piperidine rings is 1. The van der Waals surface area contributed by atoms with Crippen LogP contribution in [0.5, 0.6) is 0 Å². The number of aromatic nitrogens is 3. The third-order valence-corrected chi connectivity index (χ3v) is 5.32. The van der Waals surface area contributed by atoms with Crippen molar-refractivity contribution in [2.45, 2.75) is 25.4 Å². The largest absolute Gasteiger partial charge is 0.349 e. The fraction of sp³-hybridized carbons (Fsp3) is 0.250. The molecule has 7 heteroatoms. The summed E-state index contributed by atoms with van der Waals surface area (Å²) in [6, 6.07) is 19.3. The van der Waals surface area contributed by atoms with E-state index in [9.17, 15) is 9.59 Å². The molecule has 0 bridgehead atoms. The molecule has 2 aromatic carbocycles. The van der Waals surface area contributed by atoms with Crippen LogP contribution >= 0.6 is 0 Å². The van der Waals surface area contributed by atoms with Crippen molar-refractivity contribution >= 4 is 17.9 Å². The maximum absolute atomic E-state index is 12.5. The minimum absolute atomic E-state index is 0.0505. The Bertz CT molecular complexity index is 1040. The zero-order chi connectivity index (χ0) is 21.5. The molecule has 2 amide bonds. The number of amides is 2. The predicted molar refractivity (Wildman–Crippen MR) is 118 cm³/mol. The lowest BCUT2D eigenvalue weighted by atomic mass is 10.0. The standard InChI is InChI=1S/C24H25N5O2/c30-23(12-11-22-18-29(27-26-22)17-19-7-3-1-4-8-19)28-15-13-21(14-16-28)25-24(31)20-9-5-2-6-10-20/h1-12,18,21H,13-17H2,(H,25,31)/b12-11+. The molecule has 31 heavy (non-hydrogen) atoms. The van der Waals surface area contributed by atoms with E-state index in [1.54, 1.807) is 33.9 Å². The third-order valence-electron chi connectivity index (χ3n) is 5.32. The number of carbonyl (C=O) groups is 2. The van der Waals surface area contributed by atoms with E-state index in [-0.39, 0.29) is 17.9 Å². The van der Waals surface area contributed by atoms with Gasteiger partial charge in [-0.15, -0.1) is 5.10 Å². The molecule has 0 spiro atoms. The van der Waals surface area contributed by atoms with Gasteiger partial charge in [-0.1, -0.05) is 53.7 Å². The quantitative estimate of drug-likeness (QED) is 0.628. The zero-order valence-electron chi connectivity index (χ0n) is 17.2. The number of likely N-dealkylation sites (tertiary alicyclic amines) is 1. The fourth-order valence-electron chi connectivity index (χ4n) is 3.60. The second kappa shape index (κ2) is 9.84. The molecule has 1 aromatic heterocycles. The maximum atomic E-state index is 12.5. The van der Waals surface area contributed by atoms with Crippen LogP contribution in [-0.2, 0) is 11.3 Å². The molecule has 0 saturated carbocycles. The summed E-state index contributed by atoms with van der Waals surface area (Å²) < 4.78 is 1.75. The molecule has 0 atom stereocenters.